The molecule has 10 nitrogen and oxygen atoms in total. The van der Waals surface area contributed by atoms with Crippen LogP contribution in [0.4, 0.5) is 16.3 Å². The van der Waals surface area contributed by atoms with Crippen LogP contribution in [0.3, 0.4) is 0 Å². The SMILES string of the molecule is Cn1cc(-c2ccc(N(C(=O)NCc3cncnc3)C3CCC(Nc4ccc(C#N)cn4)CC3)cc2)cn1. The van der Waals surface area contributed by atoms with Gasteiger partial charge in [0.1, 0.15) is 18.2 Å². The summed E-state index contributed by atoms with van der Waals surface area (Å²) in [6.07, 6.45) is 13.8. The van der Waals surface area contributed by atoms with Crippen LogP contribution in [-0.4, -0.2) is 42.8 Å². The van der Waals surface area contributed by atoms with Crippen molar-refractivity contribution in [1.29, 1.82) is 5.26 Å². The minimum Gasteiger partial charge on any atom is -0.367 e. The van der Waals surface area contributed by atoms with Gasteiger partial charge in [0.15, 0.2) is 0 Å². The highest BCUT2D eigenvalue weighted by molar-refractivity contribution is 5.93. The second-order valence-corrected chi connectivity index (χ2v) is 9.42. The van der Waals surface area contributed by atoms with Crippen LogP contribution in [-0.2, 0) is 13.6 Å². The van der Waals surface area contributed by atoms with Crippen LogP contribution in [0.15, 0.2) is 73.7 Å². The van der Waals surface area contributed by atoms with Gasteiger partial charge >= 0.3 is 6.03 Å². The van der Waals surface area contributed by atoms with Gasteiger partial charge in [-0.2, -0.15) is 10.4 Å². The van der Waals surface area contributed by atoms with Gasteiger partial charge in [-0.15, -0.1) is 0 Å². The summed E-state index contributed by atoms with van der Waals surface area (Å²) in [5.74, 6) is 0.762. The Labute approximate surface area is 221 Å². The molecular weight excluding hydrogens is 478 g/mol. The summed E-state index contributed by atoms with van der Waals surface area (Å²) in [6.45, 7) is 0.352. The number of carbonyl (C=O) groups excluding carboxylic acids is 1. The fourth-order valence-electron chi connectivity index (χ4n) is 4.80. The summed E-state index contributed by atoms with van der Waals surface area (Å²) < 4.78 is 1.77. The summed E-state index contributed by atoms with van der Waals surface area (Å²) in [7, 11) is 1.89. The number of aryl methyl sites for hydroxylation is 1. The number of urea groups is 1. The zero-order chi connectivity index (χ0) is 26.3. The van der Waals surface area contributed by atoms with E-state index in [1.807, 2.05) is 54.7 Å². The van der Waals surface area contributed by atoms with Gasteiger partial charge in [0, 0.05) is 67.3 Å². The number of aromatic nitrogens is 5. The highest BCUT2D eigenvalue weighted by Gasteiger charge is 2.30. The summed E-state index contributed by atoms with van der Waals surface area (Å²) in [5.41, 5.74) is 4.31. The number of nitriles is 1. The van der Waals surface area contributed by atoms with Crippen molar-refractivity contribution in [2.45, 2.75) is 44.3 Å². The first-order valence-electron chi connectivity index (χ1n) is 12.6. The van der Waals surface area contributed by atoms with E-state index in [0.717, 1.165) is 53.9 Å². The zero-order valence-electron chi connectivity index (χ0n) is 21.2. The summed E-state index contributed by atoms with van der Waals surface area (Å²) in [5, 5.41) is 19.8. The van der Waals surface area contributed by atoms with Gasteiger partial charge in [0.2, 0.25) is 0 Å². The molecule has 1 aliphatic rings. The number of rotatable bonds is 7. The van der Waals surface area contributed by atoms with Crippen LogP contribution < -0.4 is 15.5 Å². The second-order valence-electron chi connectivity index (χ2n) is 9.42. The lowest BCUT2D eigenvalue weighted by Gasteiger charge is -2.37. The van der Waals surface area contributed by atoms with Crippen molar-refractivity contribution in [3.05, 3.63) is 84.8 Å². The third-order valence-corrected chi connectivity index (χ3v) is 6.77. The van der Waals surface area contributed by atoms with E-state index in [0.29, 0.717) is 12.1 Å². The second kappa shape index (κ2) is 11.5. The van der Waals surface area contributed by atoms with Gasteiger partial charge in [-0.1, -0.05) is 12.1 Å². The number of nitrogens with one attached hydrogen (secondary N) is 2. The Hall–Kier alpha value is -4.78. The first kappa shape index (κ1) is 24.9. The van der Waals surface area contributed by atoms with Crippen LogP contribution in [0.25, 0.3) is 11.1 Å². The van der Waals surface area contributed by atoms with Crippen molar-refractivity contribution in [2.75, 3.05) is 10.2 Å². The van der Waals surface area contributed by atoms with Crippen molar-refractivity contribution in [3.8, 4) is 17.2 Å². The maximum absolute atomic E-state index is 13.5. The topological polar surface area (TPSA) is 125 Å². The predicted molar refractivity (Wildman–Crippen MR) is 144 cm³/mol. The van der Waals surface area contributed by atoms with E-state index in [1.54, 1.807) is 29.3 Å². The molecule has 0 unspecified atom stereocenters. The molecule has 5 rings (SSSR count). The van der Waals surface area contributed by atoms with Crippen molar-refractivity contribution in [3.63, 3.8) is 0 Å². The Kier molecular flexibility index (Phi) is 7.54. The van der Waals surface area contributed by atoms with Gasteiger partial charge in [0.05, 0.1) is 11.8 Å². The maximum Gasteiger partial charge on any atom is 0.322 e. The Morgan fingerprint density at radius 2 is 1.79 bits per heavy atom. The monoisotopic (exact) mass is 507 g/mol. The Morgan fingerprint density at radius 1 is 1.03 bits per heavy atom. The molecule has 3 heterocycles. The number of pyridine rings is 1. The normalized spacial score (nSPS) is 16.8. The molecule has 4 aromatic rings. The average molecular weight is 508 g/mol. The van der Waals surface area contributed by atoms with Crippen molar-refractivity contribution < 1.29 is 4.79 Å². The summed E-state index contributed by atoms with van der Waals surface area (Å²) in [4.78, 5) is 27.8. The lowest BCUT2D eigenvalue weighted by Crippen LogP contribution is -2.48. The number of anilines is 2. The maximum atomic E-state index is 13.5. The largest absolute Gasteiger partial charge is 0.367 e. The molecule has 1 fully saturated rings. The zero-order valence-corrected chi connectivity index (χ0v) is 21.2. The minimum absolute atomic E-state index is 0.0539. The number of benzene rings is 1. The lowest BCUT2D eigenvalue weighted by molar-refractivity contribution is 0.240. The fourth-order valence-corrected chi connectivity index (χ4v) is 4.80. The van der Waals surface area contributed by atoms with Gasteiger partial charge in [-0.05, 0) is 55.5 Å². The smallest absolute Gasteiger partial charge is 0.322 e. The summed E-state index contributed by atoms with van der Waals surface area (Å²) in [6, 6.07) is 13.9. The first-order chi connectivity index (χ1) is 18.6. The van der Waals surface area contributed by atoms with Crippen molar-refractivity contribution in [1.82, 2.24) is 30.0 Å². The van der Waals surface area contributed by atoms with Crippen molar-refractivity contribution >= 4 is 17.5 Å². The molecule has 10 heteroatoms. The van der Waals surface area contributed by atoms with E-state index in [1.165, 1.54) is 6.33 Å². The molecule has 0 saturated heterocycles. The molecular formula is C28H29N9O. The Bertz CT molecular complexity index is 1390. The van der Waals surface area contributed by atoms with Crippen LogP contribution >= 0.6 is 0 Å². The van der Waals surface area contributed by atoms with E-state index in [-0.39, 0.29) is 18.1 Å². The van der Waals surface area contributed by atoms with Crippen molar-refractivity contribution in [2.24, 2.45) is 7.05 Å². The number of hydrogen-bond acceptors (Lipinski definition) is 7. The van der Waals surface area contributed by atoms with Crippen LogP contribution in [0.1, 0.15) is 36.8 Å². The molecule has 0 bridgehead atoms. The summed E-state index contributed by atoms with van der Waals surface area (Å²) >= 11 is 0. The highest BCUT2D eigenvalue weighted by Crippen LogP contribution is 2.31. The van der Waals surface area contributed by atoms with Gasteiger partial charge < -0.3 is 10.6 Å². The molecule has 2 amide bonds. The first-order valence-corrected chi connectivity index (χ1v) is 12.6. The van der Waals surface area contributed by atoms with E-state index in [2.05, 4.69) is 36.8 Å². The van der Waals surface area contributed by atoms with E-state index >= 15 is 0 Å². The van der Waals surface area contributed by atoms with E-state index in [9.17, 15) is 4.79 Å². The Balaban J connectivity index is 1.29. The molecule has 0 atom stereocenters. The van der Waals surface area contributed by atoms with Crippen LogP contribution in [0.2, 0.25) is 0 Å². The van der Waals surface area contributed by atoms with Crippen LogP contribution in [0, 0.1) is 11.3 Å². The fraction of sp³-hybridized carbons (Fsp3) is 0.286. The number of carbonyl (C=O) groups is 1. The minimum atomic E-state index is -0.145. The molecule has 192 valence electrons. The van der Waals surface area contributed by atoms with Crippen LogP contribution in [0.5, 0.6) is 0 Å². The molecule has 0 spiro atoms. The third-order valence-electron chi connectivity index (χ3n) is 6.77. The number of hydrogen-bond donors (Lipinski definition) is 2. The molecule has 1 saturated carbocycles. The quantitative estimate of drug-likeness (QED) is 0.382. The Morgan fingerprint density at radius 3 is 2.42 bits per heavy atom. The third kappa shape index (κ3) is 5.95. The number of nitrogens with zero attached hydrogens (tertiary/aromatic N) is 7. The van der Waals surface area contributed by atoms with Gasteiger partial charge in [-0.25, -0.2) is 19.7 Å². The van der Waals surface area contributed by atoms with Gasteiger partial charge in [-0.3, -0.25) is 9.58 Å². The number of amides is 2. The van der Waals surface area contributed by atoms with E-state index in [4.69, 9.17) is 5.26 Å². The molecule has 38 heavy (non-hydrogen) atoms. The molecule has 0 aliphatic heterocycles. The highest BCUT2D eigenvalue weighted by atomic mass is 16.2. The predicted octanol–water partition coefficient (Wildman–Crippen LogP) is 4.28. The molecule has 1 aromatic carbocycles. The average Bonchev–Trinajstić information content (AvgIpc) is 3.40. The molecule has 1 aliphatic carbocycles. The van der Waals surface area contributed by atoms with E-state index < -0.39 is 0 Å². The van der Waals surface area contributed by atoms with Gasteiger partial charge in [0.25, 0.3) is 0 Å². The standard InChI is InChI=1S/C28H29N9O/c1-36-18-23(17-34-36)22-3-7-25(8-4-22)37(28(38)33-16-21-13-30-19-31-14-21)26-9-5-24(6-10-26)35-27-11-2-20(12-29)15-32-27/h2-4,7-8,11,13-15,17-19,24,26H,5-6,9-10,16H2,1H3,(H,32,35)(H,33,38). The molecule has 0 radical (unpaired) electrons. The lowest BCUT2D eigenvalue weighted by atomic mass is 9.89. The molecule has 3 aromatic heterocycles. The molecule has 2 N–H and O–H groups in total.